The molecule has 0 spiro atoms. The Kier molecular flexibility index (Phi) is 9.48. The van der Waals surface area contributed by atoms with Crippen LogP contribution < -0.4 is 14.8 Å². The SMILES string of the molecule is CN=C(NCc1cc(C)oc1C)N(C)CCc1ccc(OC)c(OC)c1.I. The van der Waals surface area contributed by atoms with Crippen LogP contribution in [0, 0.1) is 13.8 Å². The second kappa shape index (κ2) is 11.1. The summed E-state index contributed by atoms with van der Waals surface area (Å²) >= 11 is 0. The smallest absolute Gasteiger partial charge is 0.193 e. The number of likely N-dealkylation sites (N-methyl/N-ethyl adjacent to an activating group) is 1. The molecule has 150 valence electrons. The highest BCUT2D eigenvalue weighted by atomic mass is 127. The van der Waals surface area contributed by atoms with Gasteiger partial charge < -0.3 is 24.1 Å². The number of methoxy groups -OCH3 is 2. The first kappa shape index (κ1) is 23.1. The second-order valence-electron chi connectivity index (χ2n) is 6.20. The molecule has 0 unspecified atom stereocenters. The monoisotopic (exact) mass is 487 g/mol. The van der Waals surface area contributed by atoms with Crippen molar-refractivity contribution in [2.45, 2.75) is 26.8 Å². The molecular weight excluding hydrogens is 457 g/mol. The Labute approximate surface area is 179 Å². The lowest BCUT2D eigenvalue weighted by atomic mass is 10.1. The molecule has 1 heterocycles. The number of hydrogen-bond donors (Lipinski definition) is 1. The van der Waals surface area contributed by atoms with Crippen molar-refractivity contribution in [1.82, 2.24) is 10.2 Å². The molecule has 1 aromatic carbocycles. The van der Waals surface area contributed by atoms with E-state index in [1.54, 1.807) is 21.3 Å². The van der Waals surface area contributed by atoms with Crippen LogP contribution >= 0.6 is 24.0 Å². The summed E-state index contributed by atoms with van der Waals surface area (Å²) in [7, 11) is 7.12. The molecule has 0 aliphatic carbocycles. The lowest BCUT2D eigenvalue weighted by Gasteiger charge is -2.22. The first-order chi connectivity index (χ1) is 12.5. The standard InChI is InChI=1S/C20H29N3O3.HI/c1-14-11-17(15(2)26-14)13-22-20(21-3)23(4)10-9-16-7-8-18(24-5)19(12-16)25-6;/h7-8,11-12H,9-10,13H2,1-6H3,(H,21,22);1H. The Morgan fingerprint density at radius 1 is 1.15 bits per heavy atom. The van der Waals surface area contributed by atoms with Crippen molar-refractivity contribution in [3.8, 4) is 11.5 Å². The maximum Gasteiger partial charge on any atom is 0.193 e. The van der Waals surface area contributed by atoms with Crippen LogP contribution in [0.1, 0.15) is 22.6 Å². The molecule has 0 saturated heterocycles. The number of aliphatic imine (C=N–C) groups is 1. The van der Waals surface area contributed by atoms with Gasteiger partial charge in [0.15, 0.2) is 17.5 Å². The molecule has 0 aliphatic rings. The first-order valence-corrected chi connectivity index (χ1v) is 8.67. The van der Waals surface area contributed by atoms with Crippen molar-refractivity contribution in [2.24, 2.45) is 4.99 Å². The molecule has 0 bridgehead atoms. The Morgan fingerprint density at radius 3 is 2.41 bits per heavy atom. The van der Waals surface area contributed by atoms with Crippen LogP contribution in [0.3, 0.4) is 0 Å². The molecule has 2 aromatic rings. The summed E-state index contributed by atoms with van der Waals surface area (Å²) in [4.78, 5) is 6.48. The molecule has 1 N–H and O–H groups in total. The summed E-state index contributed by atoms with van der Waals surface area (Å²) in [5.74, 6) is 4.21. The Morgan fingerprint density at radius 2 is 1.85 bits per heavy atom. The Balaban J connectivity index is 0.00000364. The predicted octanol–water partition coefficient (Wildman–Crippen LogP) is 3.78. The van der Waals surface area contributed by atoms with Gasteiger partial charge in [0.2, 0.25) is 0 Å². The normalized spacial score (nSPS) is 11.0. The van der Waals surface area contributed by atoms with Crippen LogP contribution in [0.25, 0.3) is 0 Å². The molecule has 0 atom stereocenters. The Hall–Kier alpha value is -1.90. The number of hydrogen-bond acceptors (Lipinski definition) is 4. The molecule has 0 saturated carbocycles. The van der Waals surface area contributed by atoms with Crippen LogP contribution in [0.2, 0.25) is 0 Å². The quantitative estimate of drug-likeness (QED) is 0.366. The summed E-state index contributed by atoms with van der Waals surface area (Å²) in [5.41, 5.74) is 2.34. The lowest BCUT2D eigenvalue weighted by Crippen LogP contribution is -2.39. The summed E-state index contributed by atoms with van der Waals surface area (Å²) in [5, 5.41) is 3.39. The molecule has 1 aromatic heterocycles. The van der Waals surface area contributed by atoms with E-state index in [1.807, 2.05) is 33.0 Å². The van der Waals surface area contributed by atoms with Crippen molar-refractivity contribution in [2.75, 3.05) is 34.9 Å². The Bertz CT molecular complexity index is 759. The maximum absolute atomic E-state index is 5.57. The van der Waals surface area contributed by atoms with Crippen LogP contribution in [-0.4, -0.2) is 45.7 Å². The highest BCUT2D eigenvalue weighted by Crippen LogP contribution is 2.27. The van der Waals surface area contributed by atoms with Crippen LogP contribution in [0.5, 0.6) is 11.5 Å². The maximum atomic E-state index is 5.57. The summed E-state index contributed by atoms with van der Waals surface area (Å²) in [6.07, 6.45) is 0.876. The van der Waals surface area contributed by atoms with Crippen molar-refractivity contribution in [3.05, 3.63) is 46.9 Å². The molecule has 0 radical (unpaired) electrons. The number of rotatable bonds is 7. The molecule has 6 nitrogen and oxygen atoms in total. The van der Waals surface area contributed by atoms with E-state index < -0.39 is 0 Å². The van der Waals surface area contributed by atoms with E-state index >= 15 is 0 Å². The second-order valence-corrected chi connectivity index (χ2v) is 6.20. The molecular formula is C20H30IN3O3. The van der Waals surface area contributed by atoms with Crippen LogP contribution in [-0.2, 0) is 13.0 Å². The van der Waals surface area contributed by atoms with Gasteiger partial charge in [0.25, 0.3) is 0 Å². The van der Waals surface area contributed by atoms with Crippen molar-refractivity contribution < 1.29 is 13.9 Å². The number of nitrogens with one attached hydrogen (secondary N) is 1. The zero-order chi connectivity index (χ0) is 19.1. The third kappa shape index (κ3) is 6.34. The minimum atomic E-state index is 0. The fourth-order valence-corrected chi connectivity index (χ4v) is 2.86. The van der Waals surface area contributed by atoms with Crippen molar-refractivity contribution in [1.29, 1.82) is 0 Å². The number of aryl methyl sites for hydroxylation is 2. The minimum absolute atomic E-state index is 0. The third-order valence-corrected chi connectivity index (χ3v) is 4.34. The topological polar surface area (TPSA) is 59.2 Å². The largest absolute Gasteiger partial charge is 0.493 e. The molecule has 7 heteroatoms. The molecule has 27 heavy (non-hydrogen) atoms. The van der Waals surface area contributed by atoms with Gasteiger partial charge in [-0.3, -0.25) is 4.99 Å². The van der Waals surface area contributed by atoms with Crippen molar-refractivity contribution in [3.63, 3.8) is 0 Å². The fourth-order valence-electron chi connectivity index (χ4n) is 2.86. The number of halogens is 1. The van der Waals surface area contributed by atoms with Gasteiger partial charge in [-0.1, -0.05) is 6.07 Å². The number of furan rings is 1. The van der Waals surface area contributed by atoms with Gasteiger partial charge in [-0.2, -0.15) is 0 Å². The van der Waals surface area contributed by atoms with Gasteiger partial charge in [-0.15, -0.1) is 24.0 Å². The van der Waals surface area contributed by atoms with Gasteiger partial charge in [0.1, 0.15) is 11.5 Å². The van der Waals surface area contributed by atoms with Gasteiger partial charge in [0, 0.05) is 32.7 Å². The summed E-state index contributed by atoms with van der Waals surface area (Å²) in [6.45, 7) is 5.46. The zero-order valence-electron chi connectivity index (χ0n) is 17.0. The fraction of sp³-hybridized carbons (Fsp3) is 0.450. The third-order valence-electron chi connectivity index (χ3n) is 4.34. The van der Waals surface area contributed by atoms with Crippen LogP contribution in [0.15, 0.2) is 33.7 Å². The van der Waals surface area contributed by atoms with E-state index in [0.717, 1.165) is 47.5 Å². The first-order valence-electron chi connectivity index (χ1n) is 8.67. The van der Waals surface area contributed by atoms with E-state index in [-0.39, 0.29) is 24.0 Å². The summed E-state index contributed by atoms with van der Waals surface area (Å²) < 4.78 is 16.2. The van der Waals surface area contributed by atoms with E-state index in [9.17, 15) is 0 Å². The highest BCUT2D eigenvalue weighted by Gasteiger charge is 2.10. The molecule has 0 amide bonds. The molecule has 0 fully saturated rings. The van der Waals surface area contributed by atoms with Crippen molar-refractivity contribution >= 4 is 29.9 Å². The van der Waals surface area contributed by atoms with E-state index in [0.29, 0.717) is 6.54 Å². The van der Waals surface area contributed by atoms with Crippen LogP contribution in [0.4, 0.5) is 0 Å². The highest BCUT2D eigenvalue weighted by molar-refractivity contribution is 14.0. The average Bonchev–Trinajstić information content (AvgIpc) is 2.97. The number of ether oxygens (including phenoxy) is 2. The number of nitrogens with zero attached hydrogens (tertiary/aromatic N) is 2. The minimum Gasteiger partial charge on any atom is -0.493 e. The van der Waals surface area contributed by atoms with Gasteiger partial charge in [-0.05, 0) is 44.0 Å². The van der Waals surface area contributed by atoms with Gasteiger partial charge >= 0.3 is 0 Å². The summed E-state index contributed by atoms with van der Waals surface area (Å²) in [6, 6.07) is 8.06. The van der Waals surface area contributed by atoms with E-state index in [1.165, 1.54) is 5.56 Å². The lowest BCUT2D eigenvalue weighted by molar-refractivity contribution is 0.354. The number of benzene rings is 1. The molecule has 2 rings (SSSR count). The average molecular weight is 487 g/mol. The zero-order valence-corrected chi connectivity index (χ0v) is 19.3. The van der Waals surface area contributed by atoms with E-state index in [2.05, 4.69) is 27.3 Å². The predicted molar refractivity (Wildman–Crippen MR) is 120 cm³/mol. The molecule has 0 aliphatic heterocycles. The van der Waals surface area contributed by atoms with Gasteiger partial charge in [-0.25, -0.2) is 0 Å². The number of guanidine groups is 1. The van der Waals surface area contributed by atoms with Gasteiger partial charge in [0.05, 0.1) is 14.2 Å². The van der Waals surface area contributed by atoms with E-state index in [4.69, 9.17) is 13.9 Å².